The fourth-order valence-electron chi connectivity index (χ4n) is 0.828. The normalized spacial score (nSPS) is 37.3. The minimum atomic E-state index is -0.630. The molecule has 2 unspecified atom stereocenters. The Hall–Kier alpha value is 0.0244. The molecule has 0 aliphatic heterocycles. The largest absolute Gasteiger partial charge is 0.385 e. The molecule has 1 rings (SSSR count). The molecule has 1 N–H and O–H groups in total. The molecule has 55 valence electrons. The van der Waals surface area contributed by atoms with E-state index in [0.717, 1.165) is 0 Å². The molecule has 0 saturated heterocycles. The molecule has 2 atom stereocenters. The molecule has 0 heterocycles. The molecular weight excluding hydrogens is 163 g/mol. The van der Waals surface area contributed by atoms with Gasteiger partial charge in [-0.3, -0.25) is 0 Å². The molecule has 1 aliphatic rings. The third-order valence-electron chi connectivity index (χ3n) is 1.87. The summed E-state index contributed by atoms with van der Waals surface area (Å²) >= 11 is 0. The summed E-state index contributed by atoms with van der Waals surface area (Å²) in [5.74, 6) is 0.238. The van der Waals surface area contributed by atoms with Crippen molar-refractivity contribution in [3.05, 3.63) is 24.3 Å². The number of aliphatic hydroxyl groups is 1. The molecule has 1 radical (unpaired) electrons. The predicted octanol–water partition coefficient (Wildman–Crippen LogP) is 1.50. The molecule has 0 saturated carbocycles. The van der Waals surface area contributed by atoms with Crippen LogP contribution < -0.4 is 0 Å². The van der Waals surface area contributed by atoms with Crippen LogP contribution in [0.1, 0.15) is 13.8 Å². The van der Waals surface area contributed by atoms with Gasteiger partial charge in [0.1, 0.15) is 0 Å². The van der Waals surface area contributed by atoms with Crippen molar-refractivity contribution < 1.29 is 23.7 Å². The van der Waals surface area contributed by atoms with Gasteiger partial charge >= 0.3 is 0 Å². The van der Waals surface area contributed by atoms with Gasteiger partial charge in [-0.05, 0) is 6.92 Å². The Morgan fingerprint density at radius 3 is 2.30 bits per heavy atom. The summed E-state index contributed by atoms with van der Waals surface area (Å²) in [6.07, 6.45) is 7.65. The molecule has 0 amide bonds. The Kier molecular flexibility index (Phi) is 3.43. The van der Waals surface area contributed by atoms with Crippen LogP contribution in [0.25, 0.3) is 0 Å². The zero-order chi connectivity index (χ0) is 6.91. The van der Waals surface area contributed by atoms with E-state index in [4.69, 9.17) is 0 Å². The maximum absolute atomic E-state index is 9.50. The molecule has 1 nitrogen and oxygen atoms in total. The number of hydrogen-bond acceptors (Lipinski definition) is 1. The van der Waals surface area contributed by atoms with Crippen molar-refractivity contribution in [2.75, 3.05) is 0 Å². The van der Waals surface area contributed by atoms with Crippen LogP contribution in [0.15, 0.2) is 24.3 Å². The van der Waals surface area contributed by atoms with Gasteiger partial charge in [0.25, 0.3) is 0 Å². The van der Waals surface area contributed by atoms with E-state index in [-0.39, 0.29) is 24.5 Å². The maximum Gasteiger partial charge on any atom is 0.0862 e. The smallest absolute Gasteiger partial charge is 0.0862 e. The van der Waals surface area contributed by atoms with Crippen LogP contribution in [0.3, 0.4) is 0 Å². The topological polar surface area (TPSA) is 20.2 Å². The number of allylic oxidation sites excluding steroid dienone is 2. The zero-order valence-corrected chi connectivity index (χ0v) is 7.68. The van der Waals surface area contributed by atoms with Gasteiger partial charge in [0, 0.05) is 24.5 Å². The van der Waals surface area contributed by atoms with Crippen LogP contribution in [-0.4, -0.2) is 10.7 Å². The summed E-state index contributed by atoms with van der Waals surface area (Å²) in [5.41, 5.74) is -0.630. The summed E-state index contributed by atoms with van der Waals surface area (Å²) in [6.45, 7) is 3.82. The number of rotatable bonds is 0. The van der Waals surface area contributed by atoms with Crippen LogP contribution in [-0.2, 0) is 18.6 Å². The fraction of sp³-hybridized carbons (Fsp3) is 0.500. The van der Waals surface area contributed by atoms with Crippen LogP contribution >= 0.6 is 0 Å². The molecule has 10 heavy (non-hydrogen) atoms. The number of hydrogen-bond donors (Lipinski definition) is 1. The minimum Gasteiger partial charge on any atom is -0.385 e. The summed E-state index contributed by atoms with van der Waals surface area (Å²) in [5, 5.41) is 9.50. The first-order valence-electron chi connectivity index (χ1n) is 3.21. The van der Waals surface area contributed by atoms with Gasteiger partial charge < -0.3 is 5.11 Å². The van der Waals surface area contributed by atoms with Crippen molar-refractivity contribution in [2.24, 2.45) is 5.92 Å². The quantitative estimate of drug-likeness (QED) is 0.591. The Bertz CT molecular complexity index is 159. The van der Waals surface area contributed by atoms with E-state index in [0.29, 0.717) is 0 Å². The summed E-state index contributed by atoms with van der Waals surface area (Å²) in [6, 6.07) is 0. The predicted molar refractivity (Wildman–Crippen MR) is 38.1 cm³/mol. The van der Waals surface area contributed by atoms with Gasteiger partial charge in [-0.1, -0.05) is 31.2 Å². The Balaban J connectivity index is 0.000000810. The third-order valence-corrected chi connectivity index (χ3v) is 1.87. The molecule has 0 aromatic carbocycles. The second-order valence-corrected chi connectivity index (χ2v) is 2.76. The Morgan fingerprint density at radius 2 is 2.00 bits per heavy atom. The van der Waals surface area contributed by atoms with Crippen molar-refractivity contribution in [3.63, 3.8) is 0 Å². The molecule has 1 aliphatic carbocycles. The second-order valence-electron chi connectivity index (χ2n) is 2.76. The van der Waals surface area contributed by atoms with Crippen molar-refractivity contribution in [1.82, 2.24) is 0 Å². The van der Waals surface area contributed by atoms with E-state index < -0.39 is 5.60 Å². The van der Waals surface area contributed by atoms with Crippen molar-refractivity contribution in [3.8, 4) is 0 Å². The van der Waals surface area contributed by atoms with E-state index >= 15 is 0 Å². The monoisotopic (exact) mass is 175 g/mol. The molecule has 2 heteroatoms. The first kappa shape index (κ1) is 10.0. The van der Waals surface area contributed by atoms with E-state index in [1.165, 1.54) is 0 Å². The molecule has 0 bridgehead atoms. The first-order chi connectivity index (χ1) is 4.13. The summed E-state index contributed by atoms with van der Waals surface area (Å²) < 4.78 is 0. The zero-order valence-electron chi connectivity index (χ0n) is 6.28. The van der Waals surface area contributed by atoms with Crippen molar-refractivity contribution in [1.29, 1.82) is 0 Å². The van der Waals surface area contributed by atoms with Gasteiger partial charge in [-0.25, -0.2) is 0 Å². The second kappa shape index (κ2) is 3.43. The average molecular weight is 175 g/mol. The fourth-order valence-corrected chi connectivity index (χ4v) is 0.828. The van der Waals surface area contributed by atoms with Gasteiger partial charge in [0.2, 0.25) is 0 Å². The molecular formula is C8H12OV. The van der Waals surface area contributed by atoms with Gasteiger partial charge in [-0.2, -0.15) is 0 Å². The summed E-state index contributed by atoms with van der Waals surface area (Å²) in [4.78, 5) is 0. The standard InChI is InChI=1S/C8H12O.V/c1-7-5-3-4-6-8(7,2)9;/h3-7,9H,1-2H3;. The van der Waals surface area contributed by atoms with Gasteiger partial charge in [0.15, 0.2) is 0 Å². The van der Waals surface area contributed by atoms with Crippen molar-refractivity contribution >= 4 is 0 Å². The van der Waals surface area contributed by atoms with E-state index in [9.17, 15) is 5.11 Å². The average Bonchev–Trinajstić information content (AvgIpc) is 1.77. The maximum atomic E-state index is 9.50. The van der Waals surface area contributed by atoms with Crippen LogP contribution in [0, 0.1) is 5.92 Å². The van der Waals surface area contributed by atoms with Crippen LogP contribution in [0.4, 0.5) is 0 Å². The minimum absolute atomic E-state index is 0. The SMILES string of the molecule is CC1C=CC=CC1(C)O.[V]. The summed E-state index contributed by atoms with van der Waals surface area (Å²) in [7, 11) is 0. The molecule has 0 spiro atoms. The first-order valence-corrected chi connectivity index (χ1v) is 3.21. The third kappa shape index (κ3) is 2.01. The van der Waals surface area contributed by atoms with Crippen molar-refractivity contribution in [2.45, 2.75) is 19.4 Å². The molecule has 0 fully saturated rings. The Morgan fingerprint density at radius 1 is 1.40 bits per heavy atom. The molecule has 0 aromatic rings. The van der Waals surface area contributed by atoms with E-state index in [1.807, 2.05) is 38.2 Å². The van der Waals surface area contributed by atoms with Crippen LogP contribution in [0.2, 0.25) is 0 Å². The Labute approximate surface area is 73.7 Å². The van der Waals surface area contributed by atoms with Crippen LogP contribution in [0.5, 0.6) is 0 Å². The van der Waals surface area contributed by atoms with E-state index in [1.54, 1.807) is 0 Å². The molecule has 0 aromatic heterocycles. The van der Waals surface area contributed by atoms with Gasteiger partial charge in [-0.15, -0.1) is 0 Å². The van der Waals surface area contributed by atoms with E-state index in [2.05, 4.69) is 0 Å². The van der Waals surface area contributed by atoms with Gasteiger partial charge in [0.05, 0.1) is 5.60 Å².